The van der Waals surface area contributed by atoms with Crippen LogP contribution < -0.4 is 29.6 Å². The van der Waals surface area contributed by atoms with Gasteiger partial charge in [-0.2, -0.15) is 0 Å². The minimum atomic E-state index is -3.30. The van der Waals surface area contributed by atoms with Gasteiger partial charge >= 0.3 is 16.6 Å². The molecule has 0 radical (unpaired) electrons. The number of hydrogen-bond acceptors (Lipinski definition) is 4. The molecule has 7 aromatic rings. The van der Waals surface area contributed by atoms with Crippen molar-refractivity contribution < 1.29 is 18.4 Å². The van der Waals surface area contributed by atoms with Gasteiger partial charge in [-0.05, 0) is 43.0 Å². The van der Waals surface area contributed by atoms with Crippen molar-refractivity contribution in [2.24, 2.45) is 0 Å². The van der Waals surface area contributed by atoms with E-state index in [0.717, 1.165) is 20.7 Å². The van der Waals surface area contributed by atoms with Crippen LogP contribution in [0.25, 0.3) is 0 Å². The largest absolute Gasteiger partial charge is 0.533 e. The van der Waals surface area contributed by atoms with Crippen molar-refractivity contribution >= 4 is 48.9 Å². The van der Waals surface area contributed by atoms with Crippen molar-refractivity contribution in [2.75, 3.05) is 0 Å². The zero-order valence-corrected chi connectivity index (χ0v) is 36.1. The lowest BCUT2D eigenvalue weighted by molar-refractivity contribution is 0.102. The zero-order chi connectivity index (χ0) is 41.0. The molecule has 0 aliphatic heterocycles. The highest BCUT2D eigenvalue weighted by atomic mass is 28.4. The van der Waals surface area contributed by atoms with Crippen LogP contribution in [0, 0.1) is 0 Å². The monoisotopic (exact) mass is 794 g/mol. The summed E-state index contributed by atoms with van der Waals surface area (Å²) in [6.07, 6.45) is 0. The molecule has 0 N–H and O–H groups in total. The quantitative estimate of drug-likeness (QED) is 0.0914. The Hall–Kier alpha value is -6.09. The van der Waals surface area contributed by atoms with Crippen LogP contribution in [0.15, 0.2) is 194 Å². The standard InChI is InChI=1S/C52H50O4Si2/c1-51(2,3)57(41-29-17-9-18-30-41,42-31-19-10-20-32-42)55-47-37-46(50(54)40-27-15-8-16-28-40)48(38-45(47)49(53)39-25-13-7-14-26-39)56-58(52(4,5)6,43-33-21-11-22-34-43)44-35-23-12-24-36-44/h7-38H,1-6H3. The highest BCUT2D eigenvalue weighted by Crippen LogP contribution is 2.43. The second kappa shape index (κ2) is 16.4. The lowest BCUT2D eigenvalue weighted by Crippen LogP contribution is -2.69. The van der Waals surface area contributed by atoms with Crippen molar-refractivity contribution in [1.82, 2.24) is 0 Å². The normalized spacial score (nSPS) is 12.1. The van der Waals surface area contributed by atoms with E-state index in [1.807, 2.05) is 133 Å². The highest BCUT2D eigenvalue weighted by molar-refractivity contribution is 7.00. The van der Waals surface area contributed by atoms with Crippen molar-refractivity contribution in [2.45, 2.75) is 51.6 Å². The maximum absolute atomic E-state index is 15.1. The van der Waals surface area contributed by atoms with Gasteiger partial charge < -0.3 is 8.85 Å². The molecule has 0 bridgehead atoms. The number of benzene rings is 7. The summed E-state index contributed by atoms with van der Waals surface area (Å²) in [4.78, 5) is 30.2. The van der Waals surface area contributed by atoms with Gasteiger partial charge in [-0.25, -0.2) is 0 Å². The van der Waals surface area contributed by atoms with Gasteiger partial charge in [0.15, 0.2) is 11.6 Å². The number of ketones is 2. The molecule has 0 aromatic heterocycles. The van der Waals surface area contributed by atoms with Crippen molar-refractivity contribution in [3.8, 4) is 11.5 Å². The minimum Gasteiger partial charge on any atom is -0.533 e. The molecule has 0 amide bonds. The van der Waals surface area contributed by atoms with Crippen LogP contribution in [0.1, 0.15) is 73.4 Å². The molecule has 290 valence electrons. The van der Waals surface area contributed by atoms with Gasteiger partial charge in [0.25, 0.3) is 0 Å². The molecule has 0 saturated carbocycles. The zero-order valence-electron chi connectivity index (χ0n) is 34.1. The third-order valence-electron chi connectivity index (χ3n) is 11.0. The first-order valence-corrected chi connectivity index (χ1v) is 23.7. The molecule has 0 unspecified atom stereocenters. The van der Waals surface area contributed by atoms with Gasteiger partial charge in [0, 0.05) is 11.1 Å². The van der Waals surface area contributed by atoms with Gasteiger partial charge in [0.1, 0.15) is 11.5 Å². The summed E-state index contributed by atoms with van der Waals surface area (Å²) in [5.74, 6) is 0.244. The van der Waals surface area contributed by atoms with Crippen LogP contribution in [0.5, 0.6) is 11.5 Å². The van der Waals surface area contributed by atoms with E-state index >= 15 is 9.59 Å². The Balaban J connectivity index is 1.58. The predicted molar refractivity (Wildman–Crippen MR) is 243 cm³/mol. The highest BCUT2D eigenvalue weighted by Gasteiger charge is 2.54. The number of carbonyl (C=O) groups is 2. The molecule has 7 aromatic carbocycles. The molecule has 7 rings (SSSR count). The van der Waals surface area contributed by atoms with E-state index in [1.165, 1.54) is 0 Å². The third-order valence-corrected chi connectivity index (χ3v) is 20.9. The summed E-state index contributed by atoms with van der Waals surface area (Å²) in [6.45, 7) is 13.2. The minimum absolute atomic E-state index is 0.223. The van der Waals surface area contributed by atoms with Crippen molar-refractivity contribution in [1.29, 1.82) is 0 Å². The fraction of sp³-hybridized carbons (Fsp3) is 0.154. The van der Waals surface area contributed by atoms with Crippen LogP contribution in [0.4, 0.5) is 0 Å². The predicted octanol–water partition coefficient (Wildman–Crippen LogP) is 10.0. The summed E-state index contributed by atoms with van der Waals surface area (Å²) in [7, 11) is -6.60. The van der Waals surface area contributed by atoms with Crippen LogP contribution in [0.2, 0.25) is 10.1 Å². The second-order valence-electron chi connectivity index (χ2n) is 16.8. The molecule has 0 fully saturated rings. The summed E-state index contributed by atoms with van der Waals surface area (Å²) in [6, 6.07) is 63.4. The molecule has 0 saturated heterocycles. The summed E-state index contributed by atoms with van der Waals surface area (Å²) in [5, 5.41) is 3.36. The Kier molecular flexibility index (Phi) is 11.4. The SMILES string of the molecule is CC(C)(C)[Si](Oc1cc(C(=O)c2ccccc2)c(O[Si](c2ccccc2)(c2ccccc2)C(C)(C)C)cc1C(=O)c1ccccc1)(c1ccccc1)c1ccccc1. The topological polar surface area (TPSA) is 52.6 Å². The Morgan fingerprint density at radius 3 is 0.810 bits per heavy atom. The second-order valence-corrected chi connectivity index (χ2v) is 25.2. The average Bonchev–Trinajstić information content (AvgIpc) is 3.25. The molecule has 0 heterocycles. The number of hydrogen-bond donors (Lipinski definition) is 0. The molecule has 6 heteroatoms. The van der Waals surface area contributed by atoms with Gasteiger partial charge in [0.2, 0.25) is 0 Å². The Labute approximate surface area is 345 Å². The van der Waals surface area contributed by atoms with Gasteiger partial charge in [-0.3, -0.25) is 9.59 Å². The average molecular weight is 795 g/mol. The Bertz CT molecular complexity index is 2220. The summed E-state index contributed by atoms with van der Waals surface area (Å²) >= 11 is 0. The Morgan fingerprint density at radius 2 is 0.586 bits per heavy atom. The van der Waals surface area contributed by atoms with Crippen molar-refractivity contribution in [3.63, 3.8) is 0 Å². The number of carbonyl (C=O) groups excluding carboxylic acids is 2. The summed E-state index contributed by atoms with van der Waals surface area (Å²) in [5.41, 5.74) is 1.68. The van der Waals surface area contributed by atoms with E-state index in [-0.39, 0.29) is 11.6 Å². The van der Waals surface area contributed by atoms with E-state index in [1.54, 1.807) is 12.1 Å². The first kappa shape index (κ1) is 40.1. The maximum Gasteiger partial charge on any atom is 0.319 e. The van der Waals surface area contributed by atoms with Crippen LogP contribution >= 0.6 is 0 Å². The van der Waals surface area contributed by atoms with E-state index in [4.69, 9.17) is 8.85 Å². The molecule has 0 aliphatic rings. The van der Waals surface area contributed by atoms with Crippen LogP contribution in [-0.4, -0.2) is 28.2 Å². The lowest BCUT2D eigenvalue weighted by Gasteiger charge is -2.44. The van der Waals surface area contributed by atoms with Gasteiger partial charge in [0.05, 0.1) is 11.1 Å². The smallest absolute Gasteiger partial charge is 0.319 e. The first-order chi connectivity index (χ1) is 27.9. The molecule has 58 heavy (non-hydrogen) atoms. The molecule has 4 nitrogen and oxygen atoms in total. The lowest BCUT2D eigenvalue weighted by atomic mass is 9.96. The van der Waals surface area contributed by atoms with E-state index in [9.17, 15) is 0 Å². The van der Waals surface area contributed by atoms with E-state index in [2.05, 4.69) is 90.1 Å². The molecule has 0 aliphatic carbocycles. The fourth-order valence-corrected chi connectivity index (χ4v) is 17.1. The van der Waals surface area contributed by atoms with Crippen molar-refractivity contribution in [3.05, 3.63) is 216 Å². The first-order valence-electron chi connectivity index (χ1n) is 19.8. The third kappa shape index (κ3) is 7.53. The van der Waals surface area contributed by atoms with Crippen LogP contribution in [0.3, 0.4) is 0 Å². The van der Waals surface area contributed by atoms with Gasteiger partial charge in [-0.1, -0.05) is 224 Å². The molecular weight excluding hydrogens is 745 g/mol. The van der Waals surface area contributed by atoms with Crippen LogP contribution in [-0.2, 0) is 0 Å². The molecule has 0 atom stereocenters. The number of rotatable bonds is 12. The summed E-state index contributed by atoms with van der Waals surface area (Å²) < 4.78 is 15.4. The fourth-order valence-electron chi connectivity index (χ4n) is 8.20. The molecular formula is C52H50O4Si2. The van der Waals surface area contributed by atoms with E-state index in [0.29, 0.717) is 33.8 Å². The maximum atomic E-state index is 15.1. The Morgan fingerprint density at radius 1 is 0.362 bits per heavy atom. The molecule has 0 spiro atoms. The van der Waals surface area contributed by atoms with Gasteiger partial charge in [-0.15, -0.1) is 0 Å². The van der Waals surface area contributed by atoms with E-state index < -0.39 is 26.7 Å².